The number of nitrogens with one attached hydrogen (secondary N) is 1. The quantitative estimate of drug-likeness (QED) is 0.606. The van der Waals surface area contributed by atoms with Crippen molar-refractivity contribution in [1.82, 2.24) is 10.2 Å². The summed E-state index contributed by atoms with van der Waals surface area (Å²) in [5, 5.41) is 12.7. The van der Waals surface area contributed by atoms with Crippen LogP contribution >= 0.6 is 0 Å². The van der Waals surface area contributed by atoms with E-state index in [-0.39, 0.29) is 24.5 Å². The van der Waals surface area contributed by atoms with Gasteiger partial charge in [-0.25, -0.2) is 9.59 Å². The van der Waals surface area contributed by atoms with E-state index >= 15 is 0 Å². The molecule has 1 aromatic rings. The molecule has 0 unspecified atom stereocenters. The second kappa shape index (κ2) is 7.53. The minimum absolute atomic E-state index is 0.0305. The highest BCUT2D eigenvalue weighted by Crippen LogP contribution is 2.36. The van der Waals surface area contributed by atoms with E-state index in [9.17, 15) is 19.5 Å². The fourth-order valence-corrected chi connectivity index (χ4v) is 3.26. The standard InChI is InChI=1S/C20H24N2O6/c1-20(2,3)28-19(26)21-15-13-9-10-14(23)16(22(13)17(15)24)18(25)27-11-12-7-5-4-6-8-12/h4-8,13,15,23H,9-11H2,1-3H3,(H,21,26)/t13-,15-/m0/s1. The van der Waals surface area contributed by atoms with Gasteiger partial charge in [0.25, 0.3) is 5.91 Å². The molecule has 1 aromatic carbocycles. The number of allylic oxidation sites excluding steroid dienone is 1. The summed E-state index contributed by atoms with van der Waals surface area (Å²) >= 11 is 0. The second-order valence-corrected chi connectivity index (χ2v) is 7.80. The lowest BCUT2D eigenvalue weighted by Gasteiger charge is -2.49. The Labute approximate surface area is 163 Å². The van der Waals surface area contributed by atoms with E-state index in [1.54, 1.807) is 32.9 Å². The average molecular weight is 388 g/mol. The van der Waals surface area contributed by atoms with E-state index in [1.807, 2.05) is 18.2 Å². The van der Waals surface area contributed by atoms with Gasteiger partial charge >= 0.3 is 12.1 Å². The summed E-state index contributed by atoms with van der Waals surface area (Å²) in [7, 11) is 0. The summed E-state index contributed by atoms with van der Waals surface area (Å²) < 4.78 is 10.4. The van der Waals surface area contributed by atoms with Crippen LogP contribution in [0.5, 0.6) is 0 Å². The second-order valence-electron chi connectivity index (χ2n) is 7.80. The van der Waals surface area contributed by atoms with Crippen LogP contribution in [-0.4, -0.2) is 45.7 Å². The maximum absolute atomic E-state index is 12.5. The molecule has 2 amide bonds. The van der Waals surface area contributed by atoms with Gasteiger partial charge in [0.05, 0.1) is 6.04 Å². The number of rotatable bonds is 4. The molecule has 3 rings (SSSR count). The van der Waals surface area contributed by atoms with Gasteiger partial charge in [0.1, 0.15) is 24.0 Å². The monoisotopic (exact) mass is 388 g/mol. The minimum atomic E-state index is -0.792. The number of aliphatic hydroxyl groups is 1. The molecule has 2 N–H and O–H groups in total. The van der Waals surface area contributed by atoms with Gasteiger partial charge in [-0.3, -0.25) is 9.69 Å². The number of hydrogen-bond acceptors (Lipinski definition) is 6. The Morgan fingerprint density at radius 2 is 1.93 bits per heavy atom. The van der Waals surface area contributed by atoms with Crippen molar-refractivity contribution in [2.24, 2.45) is 0 Å². The van der Waals surface area contributed by atoms with Gasteiger partial charge in [0.2, 0.25) is 0 Å². The minimum Gasteiger partial charge on any atom is -0.510 e. The third-order valence-electron chi connectivity index (χ3n) is 4.49. The molecule has 0 bridgehead atoms. The Morgan fingerprint density at radius 1 is 1.25 bits per heavy atom. The zero-order valence-corrected chi connectivity index (χ0v) is 16.1. The number of ether oxygens (including phenoxy) is 2. The van der Waals surface area contributed by atoms with Crippen LogP contribution < -0.4 is 5.32 Å². The molecule has 1 saturated heterocycles. The molecule has 2 aliphatic heterocycles. The molecular weight excluding hydrogens is 364 g/mol. The Hall–Kier alpha value is -3.03. The first kappa shape index (κ1) is 19.7. The number of carbonyl (C=O) groups is 3. The average Bonchev–Trinajstić information content (AvgIpc) is 2.63. The lowest BCUT2D eigenvalue weighted by molar-refractivity contribution is -0.157. The van der Waals surface area contributed by atoms with Crippen molar-refractivity contribution in [1.29, 1.82) is 0 Å². The van der Waals surface area contributed by atoms with Crippen LogP contribution in [-0.2, 0) is 25.7 Å². The number of carbonyl (C=O) groups excluding carboxylic acids is 3. The lowest BCUT2D eigenvalue weighted by Crippen LogP contribution is -2.71. The highest BCUT2D eigenvalue weighted by molar-refractivity contribution is 6.01. The van der Waals surface area contributed by atoms with Crippen LogP contribution in [0.25, 0.3) is 0 Å². The predicted octanol–water partition coefficient (Wildman–Crippen LogP) is 2.40. The van der Waals surface area contributed by atoms with Crippen molar-refractivity contribution >= 4 is 18.0 Å². The normalized spacial score (nSPS) is 21.5. The Morgan fingerprint density at radius 3 is 2.57 bits per heavy atom. The molecule has 0 saturated carbocycles. The van der Waals surface area contributed by atoms with E-state index in [2.05, 4.69) is 5.32 Å². The molecule has 150 valence electrons. The summed E-state index contributed by atoms with van der Waals surface area (Å²) in [6.07, 6.45) is -0.0537. The number of alkyl carbamates (subject to hydrolysis) is 1. The van der Waals surface area contributed by atoms with Crippen molar-refractivity contribution in [3.05, 3.63) is 47.4 Å². The molecule has 1 fully saturated rings. The summed E-state index contributed by atoms with van der Waals surface area (Å²) in [5.74, 6) is -1.43. The van der Waals surface area contributed by atoms with Crippen molar-refractivity contribution in [2.75, 3.05) is 0 Å². The molecule has 0 radical (unpaired) electrons. The van der Waals surface area contributed by atoms with Gasteiger partial charge in [-0.05, 0) is 32.8 Å². The van der Waals surface area contributed by atoms with E-state index < -0.39 is 35.7 Å². The first-order valence-corrected chi connectivity index (χ1v) is 9.13. The maximum atomic E-state index is 12.5. The summed E-state index contributed by atoms with van der Waals surface area (Å²) in [5.41, 5.74) is -0.0459. The van der Waals surface area contributed by atoms with Gasteiger partial charge in [-0.15, -0.1) is 0 Å². The summed E-state index contributed by atoms with van der Waals surface area (Å²) in [4.78, 5) is 38.2. The van der Waals surface area contributed by atoms with E-state index in [0.717, 1.165) is 5.56 Å². The number of aliphatic hydroxyl groups excluding tert-OH is 1. The van der Waals surface area contributed by atoms with Gasteiger partial charge in [0.15, 0.2) is 5.70 Å². The first-order valence-electron chi connectivity index (χ1n) is 9.13. The molecule has 0 spiro atoms. The number of benzene rings is 1. The molecular formula is C20H24N2O6. The van der Waals surface area contributed by atoms with Crippen molar-refractivity contribution in [2.45, 2.75) is 57.9 Å². The molecule has 2 aliphatic rings. The first-order chi connectivity index (χ1) is 13.2. The van der Waals surface area contributed by atoms with Crippen molar-refractivity contribution in [3.63, 3.8) is 0 Å². The fourth-order valence-electron chi connectivity index (χ4n) is 3.26. The summed E-state index contributed by atoms with van der Waals surface area (Å²) in [6.45, 7) is 5.21. The summed E-state index contributed by atoms with van der Waals surface area (Å²) in [6, 6.07) is 7.89. The highest BCUT2D eigenvalue weighted by Gasteiger charge is 2.54. The van der Waals surface area contributed by atoms with Gasteiger partial charge in [-0.2, -0.15) is 0 Å². The van der Waals surface area contributed by atoms with Crippen LogP contribution in [0.3, 0.4) is 0 Å². The van der Waals surface area contributed by atoms with Crippen LogP contribution in [0.2, 0.25) is 0 Å². The molecule has 8 heteroatoms. The van der Waals surface area contributed by atoms with Crippen LogP contribution in [0.4, 0.5) is 4.79 Å². The molecule has 0 aliphatic carbocycles. The molecule has 28 heavy (non-hydrogen) atoms. The predicted molar refractivity (Wildman–Crippen MR) is 98.9 cm³/mol. The zero-order chi connectivity index (χ0) is 20.5. The third kappa shape index (κ3) is 4.11. The number of nitrogens with zero attached hydrogens (tertiary/aromatic N) is 1. The fraction of sp³-hybridized carbons (Fsp3) is 0.450. The van der Waals surface area contributed by atoms with E-state index in [1.165, 1.54) is 4.90 Å². The SMILES string of the molecule is CC(C)(C)OC(=O)N[C@@H]1C(=O)N2C(C(=O)OCc3ccccc3)=C(O)CC[C@@H]12. The number of β-lactam (4-membered cyclic amide) rings is 1. The smallest absolute Gasteiger partial charge is 0.408 e. The zero-order valence-electron chi connectivity index (χ0n) is 16.1. The van der Waals surface area contributed by atoms with E-state index in [0.29, 0.717) is 6.42 Å². The number of amides is 2. The number of fused-ring (bicyclic) bond motifs is 1. The van der Waals surface area contributed by atoms with Crippen LogP contribution in [0.1, 0.15) is 39.2 Å². The number of esters is 1. The Kier molecular flexibility index (Phi) is 5.31. The Bertz CT molecular complexity index is 812. The Balaban J connectivity index is 1.65. The molecule has 8 nitrogen and oxygen atoms in total. The van der Waals surface area contributed by atoms with Crippen molar-refractivity contribution in [3.8, 4) is 0 Å². The molecule has 0 aromatic heterocycles. The topological polar surface area (TPSA) is 105 Å². The van der Waals surface area contributed by atoms with Gasteiger partial charge in [0, 0.05) is 6.42 Å². The largest absolute Gasteiger partial charge is 0.510 e. The highest BCUT2D eigenvalue weighted by atomic mass is 16.6. The lowest BCUT2D eigenvalue weighted by atomic mass is 9.86. The van der Waals surface area contributed by atoms with E-state index in [4.69, 9.17) is 9.47 Å². The van der Waals surface area contributed by atoms with Gasteiger partial charge in [-0.1, -0.05) is 30.3 Å². The molecule has 2 heterocycles. The van der Waals surface area contributed by atoms with Crippen molar-refractivity contribution < 1.29 is 29.0 Å². The van der Waals surface area contributed by atoms with Gasteiger partial charge < -0.3 is 19.9 Å². The molecule has 2 atom stereocenters. The van der Waals surface area contributed by atoms with Crippen LogP contribution in [0.15, 0.2) is 41.8 Å². The third-order valence-corrected chi connectivity index (χ3v) is 4.49. The maximum Gasteiger partial charge on any atom is 0.408 e. The van der Waals surface area contributed by atoms with Crippen LogP contribution in [0, 0.1) is 0 Å². The number of hydrogen-bond donors (Lipinski definition) is 2.